The molecular weight excluding hydrogens is 382 g/mol. The largest absolute Gasteiger partial charge is 0.484 e. The van der Waals surface area contributed by atoms with Crippen LogP contribution in [-0.4, -0.2) is 45.1 Å². The van der Waals surface area contributed by atoms with Gasteiger partial charge in [-0.3, -0.25) is 14.5 Å². The molecule has 0 unspecified atom stereocenters. The Morgan fingerprint density at radius 3 is 2.80 bits per heavy atom. The van der Waals surface area contributed by atoms with Crippen molar-refractivity contribution in [3.8, 4) is 17.0 Å². The predicted octanol–water partition coefficient (Wildman–Crippen LogP) is 2.93. The number of benzene rings is 1. The summed E-state index contributed by atoms with van der Waals surface area (Å²) in [6, 6.07) is 11.2. The fraction of sp³-hybridized carbons (Fsp3) is 0.364. The minimum atomic E-state index is -0.261. The first-order valence-corrected chi connectivity index (χ1v) is 10.1. The van der Waals surface area contributed by atoms with Crippen molar-refractivity contribution in [3.63, 3.8) is 0 Å². The number of carbonyl (C=O) groups excluding carboxylic acids is 1. The molecule has 1 amide bonds. The van der Waals surface area contributed by atoms with E-state index in [0.29, 0.717) is 35.8 Å². The molecule has 1 atom stereocenters. The first-order valence-electron chi connectivity index (χ1n) is 10.1. The minimum absolute atomic E-state index is 0.114. The highest BCUT2D eigenvalue weighted by Crippen LogP contribution is 2.32. The zero-order valence-electron chi connectivity index (χ0n) is 17.1. The van der Waals surface area contributed by atoms with Crippen LogP contribution in [0.2, 0.25) is 0 Å². The van der Waals surface area contributed by atoms with Crippen LogP contribution in [0.1, 0.15) is 41.9 Å². The summed E-state index contributed by atoms with van der Waals surface area (Å²) in [6.07, 6.45) is 4.93. The van der Waals surface area contributed by atoms with Crippen molar-refractivity contribution in [1.82, 2.24) is 25.3 Å². The Morgan fingerprint density at radius 2 is 2.10 bits per heavy atom. The Hall–Kier alpha value is -3.26. The van der Waals surface area contributed by atoms with Gasteiger partial charge in [0.25, 0.3) is 5.91 Å². The van der Waals surface area contributed by atoms with Crippen molar-refractivity contribution >= 4 is 5.91 Å². The highest BCUT2D eigenvalue weighted by atomic mass is 16.5. The van der Waals surface area contributed by atoms with Gasteiger partial charge in [0.05, 0.1) is 11.9 Å². The fourth-order valence-electron chi connectivity index (χ4n) is 3.42. The Labute approximate surface area is 175 Å². The fourth-order valence-corrected chi connectivity index (χ4v) is 3.42. The Bertz CT molecular complexity index is 999. The van der Waals surface area contributed by atoms with Crippen LogP contribution in [0, 0.1) is 0 Å². The van der Waals surface area contributed by atoms with Crippen molar-refractivity contribution in [1.29, 1.82) is 0 Å². The molecule has 1 fully saturated rings. The minimum Gasteiger partial charge on any atom is -0.484 e. The summed E-state index contributed by atoms with van der Waals surface area (Å²) < 4.78 is 13.2. The molecule has 1 saturated heterocycles. The molecule has 2 aromatic heterocycles. The highest BCUT2D eigenvalue weighted by molar-refractivity contribution is 5.96. The molecule has 8 heteroatoms. The number of pyridine rings is 1. The number of nitrogens with zero attached hydrogens (tertiary/aromatic N) is 4. The van der Waals surface area contributed by atoms with Crippen molar-refractivity contribution in [3.05, 3.63) is 60.0 Å². The number of nitrogens with one attached hydrogen (secondary N) is 1. The number of carbonyl (C=O) groups is 1. The van der Waals surface area contributed by atoms with Gasteiger partial charge in [0.15, 0.2) is 0 Å². The Balaban J connectivity index is 1.60. The van der Waals surface area contributed by atoms with Gasteiger partial charge in [-0.25, -0.2) is 0 Å². The molecule has 3 heterocycles. The van der Waals surface area contributed by atoms with Gasteiger partial charge in [0.1, 0.15) is 17.5 Å². The molecule has 0 spiro atoms. The van der Waals surface area contributed by atoms with E-state index in [1.54, 1.807) is 36.3 Å². The van der Waals surface area contributed by atoms with E-state index in [1.807, 2.05) is 31.2 Å². The molecule has 4 rings (SSSR count). The highest BCUT2D eigenvalue weighted by Gasteiger charge is 2.20. The zero-order chi connectivity index (χ0) is 20.9. The topological polar surface area (TPSA) is 91.2 Å². The summed E-state index contributed by atoms with van der Waals surface area (Å²) in [6.45, 7) is 3.29. The maximum absolute atomic E-state index is 12.8. The molecule has 156 valence electrons. The molecule has 0 bridgehead atoms. The van der Waals surface area contributed by atoms with Crippen LogP contribution in [0.5, 0.6) is 5.75 Å². The lowest BCUT2D eigenvalue weighted by atomic mass is 10.0. The van der Waals surface area contributed by atoms with Crippen LogP contribution in [0.3, 0.4) is 0 Å². The number of rotatable bonds is 6. The van der Waals surface area contributed by atoms with Crippen LogP contribution >= 0.6 is 0 Å². The van der Waals surface area contributed by atoms with Crippen LogP contribution in [0.25, 0.3) is 11.3 Å². The van der Waals surface area contributed by atoms with E-state index >= 15 is 0 Å². The van der Waals surface area contributed by atoms with Gasteiger partial charge < -0.3 is 14.8 Å². The van der Waals surface area contributed by atoms with Gasteiger partial charge in [-0.05, 0) is 50.1 Å². The second-order valence-corrected chi connectivity index (χ2v) is 7.36. The van der Waals surface area contributed by atoms with Gasteiger partial charge in [-0.2, -0.15) is 0 Å². The molecule has 0 aliphatic carbocycles. The third-order valence-corrected chi connectivity index (χ3v) is 5.08. The molecule has 0 radical (unpaired) electrons. The maximum atomic E-state index is 12.8. The van der Waals surface area contributed by atoms with Gasteiger partial charge in [-0.15, -0.1) is 5.10 Å². The lowest BCUT2D eigenvalue weighted by molar-refractivity contribution is 0.0696. The molecule has 1 N–H and O–H groups in total. The van der Waals surface area contributed by atoms with E-state index < -0.39 is 0 Å². The quantitative estimate of drug-likeness (QED) is 0.676. The Morgan fingerprint density at radius 1 is 1.27 bits per heavy atom. The van der Waals surface area contributed by atoms with Crippen LogP contribution in [0.4, 0.5) is 0 Å². The van der Waals surface area contributed by atoms with E-state index in [4.69, 9.17) is 9.47 Å². The van der Waals surface area contributed by atoms with Crippen molar-refractivity contribution in [2.24, 2.45) is 7.05 Å². The van der Waals surface area contributed by atoms with Gasteiger partial charge >= 0.3 is 0 Å². The predicted molar refractivity (Wildman–Crippen MR) is 111 cm³/mol. The average molecular weight is 407 g/mol. The molecule has 30 heavy (non-hydrogen) atoms. The first kappa shape index (κ1) is 20.0. The van der Waals surface area contributed by atoms with Gasteiger partial charge in [0.2, 0.25) is 0 Å². The van der Waals surface area contributed by atoms with Crippen molar-refractivity contribution in [2.75, 3.05) is 13.2 Å². The van der Waals surface area contributed by atoms with E-state index in [9.17, 15) is 4.79 Å². The zero-order valence-corrected chi connectivity index (χ0v) is 17.1. The summed E-state index contributed by atoms with van der Waals surface area (Å²) in [4.78, 5) is 17.2. The molecule has 1 aliphatic rings. The number of amides is 1. The van der Waals surface area contributed by atoms with E-state index in [2.05, 4.69) is 20.6 Å². The molecule has 1 aromatic carbocycles. The molecule has 0 saturated carbocycles. The van der Waals surface area contributed by atoms with Crippen molar-refractivity contribution < 1.29 is 14.3 Å². The monoisotopic (exact) mass is 407 g/mol. The second kappa shape index (κ2) is 9.04. The van der Waals surface area contributed by atoms with Gasteiger partial charge in [0, 0.05) is 43.6 Å². The maximum Gasteiger partial charge on any atom is 0.251 e. The van der Waals surface area contributed by atoms with Crippen molar-refractivity contribution in [2.45, 2.75) is 31.9 Å². The normalized spacial score (nSPS) is 15.5. The van der Waals surface area contributed by atoms with Crippen LogP contribution in [0.15, 0.2) is 48.8 Å². The number of hydrogen-bond donors (Lipinski definition) is 1. The van der Waals surface area contributed by atoms with Gasteiger partial charge in [-0.1, -0.05) is 11.3 Å². The van der Waals surface area contributed by atoms with Crippen LogP contribution < -0.4 is 10.1 Å². The number of aryl methyl sites for hydroxylation is 1. The summed E-state index contributed by atoms with van der Waals surface area (Å²) in [7, 11) is 1.80. The Kier molecular flexibility index (Phi) is 6.04. The number of aromatic nitrogens is 4. The summed E-state index contributed by atoms with van der Waals surface area (Å²) in [5, 5.41) is 11.3. The third-order valence-electron chi connectivity index (χ3n) is 5.08. The summed E-state index contributed by atoms with van der Waals surface area (Å²) in [5.41, 5.74) is 2.73. The smallest absolute Gasteiger partial charge is 0.251 e. The molecule has 8 nitrogen and oxygen atoms in total. The standard InChI is InChI=1S/C22H25N5O3/c1-15(19-5-3-4-10-23-19)30-21-7-6-16(13-18(21)20-14-27(2)26-25-20)22(28)24-17-8-11-29-12-9-17/h3-7,10,13-15,17H,8-9,11-12H2,1-2H3,(H,24,28)/t15-/m0/s1. The second-order valence-electron chi connectivity index (χ2n) is 7.36. The summed E-state index contributed by atoms with van der Waals surface area (Å²) in [5.74, 6) is 0.507. The SMILES string of the molecule is C[C@H](Oc1ccc(C(=O)NC2CCOCC2)cc1-c1cn(C)nn1)c1ccccn1. The summed E-state index contributed by atoms with van der Waals surface area (Å²) >= 11 is 0. The number of ether oxygens (including phenoxy) is 2. The van der Waals surface area contributed by atoms with E-state index in [0.717, 1.165) is 18.5 Å². The lowest BCUT2D eigenvalue weighted by Crippen LogP contribution is -2.38. The first-order chi connectivity index (χ1) is 14.6. The van der Waals surface area contributed by atoms with E-state index in [-0.39, 0.29) is 18.1 Å². The molecule has 1 aliphatic heterocycles. The van der Waals surface area contributed by atoms with Crippen LogP contribution in [-0.2, 0) is 11.8 Å². The average Bonchev–Trinajstić information content (AvgIpc) is 3.21. The lowest BCUT2D eigenvalue weighted by Gasteiger charge is -2.23. The molecule has 3 aromatic rings. The molecular formula is C22H25N5O3. The van der Waals surface area contributed by atoms with E-state index in [1.165, 1.54) is 0 Å². The number of hydrogen-bond acceptors (Lipinski definition) is 6. The third kappa shape index (κ3) is 4.65.